The standard InChI is InChI=1S/C20H28O3S.Na/c1-3-5-7-10-16-14-15-17(11-8-6-4-2)20-18(16)12-9-13-19(20)24(21,22)23;/h9,12-15H,3-8,10-11H2,1-2H3,(H,21,22,23);/q;+1/p-1. The molecule has 2 aromatic rings. The van der Waals surface area contributed by atoms with Gasteiger partial charge in [0.1, 0.15) is 10.1 Å². The molecular formula is C20H27NaO3S. The predicted molar refractivity (Wildman–Crippen MR) is 98.4 cm³/mol. The van der Waals surface area contributed by atoms with Crippen LogP contribution in [0.2, 0.25) is 0 Å². The van der Waals surface area contributed by atoms with Crippen LogP contribution >= 0.6 is 0 Å². The average Bonchev–Trinajstić information content (AvgIpc) is 2.55. The average molecular weight is 370 g/mol. The van der Waals surface area contributed by atoms with Gasteiger partial charge in [0.15, 0.2) is 0 Å². The van der Waals surface area contributed by atoms with Crippen molar-refractivity contribution in [2.24, 2.45) is 0 Å². The molecule has 0 saturated carbocycles. The minimum atomic E-state index is -4.47. The third-order valence-corrected chi connectivity index (χ3v) is 5.43. The van der Waals surface area contributed by atoms with Gasteiger partial charge in [-0.05, 0) is 48.3 Å². The van der Waals surface area contributed by atoms with Gasteiger partial charge in [0, 0.05) is 5.39 Å². The summed E-state index contributed by atoms with van der Waals surface area (Å²) in [4.78, 5) is -0.0659. The quantitative estimate of drug-likeness (QED) is 0.386. The molecule has 2 aromatic carbocycles. The van der Waals surface area contributed by atoms with Crippen LogP contribution in [0.25, 0.3) is 10.8 Å². The summed E-state index contributed by atoms with van der Waals surface area (Å²) in [5.74, 6) is 0. The molecule has 0 radical (unpaired) electrons. The summed E-state index contributed by atoms with van der Waals surface area (Å²) in [7, 11) is -4.47. The fourth-order valence-corrected chi connectivity index (χ4v) is 4.01. The van der Waals surface area contributed by atoms with Crippen molar-refractivity contribution in [2.45, 2.75) is 70.1 Å². The molecule has 0 fully saturated rings. The summed E-state index contributed by atoms with van der Waals surface area (Å²) in [5, 5.41) is 1.58. The van der Waals surface area contributed by atoms with E-state index >= 15 is 0 Å². The van der Waals surface area contributed by atoms with E-state index in [9.17, 15) is 13.0 Å². The maximum Gasteiger partial charge on any atom is 1.00 e. The van der Waals surface area contributed by atoms with Gasteiger partial charge in [-0.15, -0.1) is 0 Å². The van der Waals surface area contributed by atoms with Gasteiger partial charge in [0.25, 0.3) is 0 Å². The van der Waals surface area contributed by atoms with Crippen LogP contribution in [0.3, 0.4) is 0 Å². The fraction of sp³-hybridized carbons (Fsp3) is 0.500. The van der Waals surface area contributed by atoms with Gasteiger partial charge in [0.2, 0.25) is 0 Å². The van der Waals surface area contributed by atoms with E-state index in [-0.39, 0.29) is 34.5 Å². The first kappa shape index (κ1) is 22.7. The van der Waals surface area contributed by atoms with Crippen LogP contribution in [-0.4, -0.2) is 13.0 Å². The number of benzene rings is 2. The molecule has 0 aliphatic rings. The van der Waals surface area contributed by atoms with Crippen LogP contribution < -0.4 is 29.6 Å². The third-order valence-electron chi connectivity index (χ3n) is 4.55. The van der Waals surface area contributed by atoms with Crippen molar-refractivity contribution >= 4 is 20.9 Å². The Morgan fingerprint density at radius 1 is 0.840 bits per heavy atom. The second-order valence-electron chi connectivity index (χ2n) is 6.43. The monoisotopic (exact) mass is 370 g/mol. The first-order valence-corrected chi connectivity index (χ1v) is 10.4. The predicted octanol–water partition coefficient (Wildman–Crippen LogP) is 2.21. The molecule has 0 unspecified atom stereocenters. The Kier molecular flexibility index (Phi) is 9.68. The van der Waals surface area contributed by atoms with Gasteiger partial charge in [-0.25, -0.2) is 8.42 Å². The Morgan fingerprint density at radius 3 is 1.96 bits per heavy atom. The minimum absolute atomic E-state index is 0. The zero-order valence-corrected chi connectivity index (χ0v) is 18.5. The van der Waals surface area contributed by atoms with Crippen molar-refractivity contribution in [3.05, 3.63) is 41.5 Å². The van der Waals surface area contributed by atoms with E-state index in [2.05, 4.69) is 19.9 Å². The topological polar surface area (TPSA) is 57.2 Å². The molecule has 0 amide bonds. The molecule has 0 atom stereocenters. The molecule has 25 heavy (non-hydrogen) atoms. The molecule has 0 aliphatic heterocycles. The molecule has 0 N–H and O–H groups in total. The molecule has 0 saturated heterocycles. The van der Waals surface area contributed by atoms with Crippen molar-refractivity contribution in [1.82, 2.24) is 0 Å². The van der Waals surface area contributed by atoms with E-state index in [1.165, 1.54) is 6.07 Å². The molecule has 2 rings (SSSR count). The number of hydrogen-bond donors (Lipinski definition) is 0. The first-order valence-electron chi connectivity index (χ1n) is 8.98. The van der Waals surface area contributed by atoms with E-state index in [0.29, 0.717) is 5.39 Å². The van der Waals surface area contributed by atoms with Gasteiger partial charge >= 0.3 is 29.6 Å². The normalized spacial score (nSPS) is 11.5. The van der Waals surface area contributed by atoms with Crippen molar-refractivity contribution in [1.29, 1.82) is 0 Å². The molecule has 0 aromatic heterocycles. The third kappa shape index (κ3) is 6.07. The summed E-state index contributed by atoms with van der Waals surface area (Å²) in [6.07, 6.45) is 8.33. The zero-order chi connectivity index (χ0) is 17.6. The fourth-order valence-electron chi connectivity index (χ4n) is 3.27. The van der Waals surface area contributed by atoms with Crippen molar-refractivity contribution in [3.8, 4) is 0 Å². The number of aryl methyl sites for hydroxylation is 2. The van der Waals surface area contributed by atoms with Gasteiger partial charge in [0.05, 0.1) is 4.90 Å². The van der Waals surface area contributed by atoms with Crippen LogP contribution in [0.1, 0.15) is 63.5 Å². The molecule has 132 valence electrons. The van der Waals surface area contributed by atoms with Gasteiger partial charge < -0.3 is 4.55 Å². The minimum Gasteiger partial charge on any atom is -0.744 e. The molecular weight excluding hydrogens is 343 g/mol. The maximum absolute atomic E-state index is 11.7. The molecule has 0 heterocycles. The Labute approximate surface area is 174 Å². The number of fused-ring (bicyclic) bond motifs is 1. The maximum atomic E-state index is 11.7. The summed E-state index contributed by atoms with van der Waals surface area (Å²) >= 11 is 0. The Balaban J connectivity index is 0.00000312. The largest absolute Gasteiger partial charge is 1.00 e. The second-order valence-corrected chi connectivity index (χ2v) is 7.78. The molecule has 3 nitrogen and oxygen atoms in total. The van der Waals surface area contributed by atoms with Crippen molar-refractivity contribution < 1.29 is 42.5 Å². The number of unbranched alkanes of at least 4 members (excludes halogenated alkanes) is 4. The van der Waals surface area contributed by atoms with Crippen LogP contribution in [0.15, 0.2) is 35.2 Å². The van der Waals surface area contributed by atoms with Crippen LogP contribution in [-0.2, 0) is 23.0 Å². The van der Waals surface area contributed by atoms with E-state index < -0.39 is 10.1 Å². The van der Waals surface area contributed by atoms with Crippen LogP contribution in [0, 0.1) is 0 Å². The molecule has 0 bridgehead atoms. The van der Waals surface area contributed by atoms with E-state index in [1.807, 2.05) is 12.1 Å². The van der Waals surface area contributed by atoms with Gasteiger partial charge in [-0.3, -0.25) is 0 Å². The molecule has 0 aliphatic carbocycles. The Bertz CT molecular complexity index is 785. The summed E-state index contributed by atoms with van der Waals surface area (Å²) in [6.45, 7) is 4.31. The Hall–Kier alpha value is -0.390. The summed E-state index contributed by atoms with van der Waals surface area (Å²) < 4.78 is 35.2. The smallest absolute Gasteiger partial charge is 0.744 e. The number of rotatable bonds is 9. The summed E-state index contributed by atoms with van der Waals surface area (Å²) in [6, 6.07) is 9.22. The Morgan fingerprint density at radius 2 is 1.40 bits per heavy atom. The van der Waals surface area contributed by atoms with E-state index in [4.69, 9.17) is 0 Å². The first-order chi connectivity index (χ1) is 11.5. The van der Waals surface area contributed by atoms with Crippen LogP contribution in [0.4, 0.5) is 0 Å². The van der Waals surface area contributed by atoms with Crippen molar-refractivity contribution in [2.75, 3.05) is 0 Å². The molecule has 5 heteroatoms. The van der Waals surface area contributed by atoms with E-state index in [1.54, 1.807) is 6.07 Å². The van der Waals surface area contributed by atoms with E-state index in [0.717, 1.165) is 67.9 Å². The number of hydrogen-bond acceptors (Lipinski definition) is 3. The van der Waals surface area contributed by atoms with Crippen molar-refractivity contribution in [3.63, 3.8) is 0 Å². The van der Waals surface area contributed by atoms with Gasteiger partial charge in [-0.1, -0.05) is 63.8 Å². The van der Waals surface area contributed by atoms with Gasteiger partial charge in [-0.2, -0.15) is 0 Å². The second kappa shape index (κ2) is 10.7. The zero-order valence-electron chi connectivity index (χ0n) is 15.7. The summed E-state index contributed by atoms with van der Waals surface area (Å²) in [5.41, 5.74) is 2.12. The van der Waals surface area contributed by atoms with Crippen LogP contribution in [0.5, 0.6) is 0 Å². The molecule has 0 spiro atoms. The SMILES string of the molecule is CCCCCc1ccc(CCCCC)c2c(S(=O)(=O)[O-])cccc12.[Na+].